The number of anilines is 1. The second kappa shape index (κ2) is 7.57. The number of aromatic nitrogens is 1. The van der Waals surface area contributed by atoms with Gasteiger partial charge in [0, 0.05) is 16.2 Å². The number of carbonyl (C=O) groups is 1. The Kier molecular flexibility index (Phi) is 5.76. The number of rotatable bonds is 5. The largest absolute Gasteiger partial charge is 0.325 e. The molecule has 1 N–H and O–H groups in total. The van der Waals surface area contributed by atoms with Gasteiger partial charge in [-0.05, 0) is 40.2 Å². The summed E-state index contributed by atoms with van der Waals surface area (Å²) in [7, 11) is 0. The molecule has 0 bridgehead atoms. The van der Waals surface area contributed by atoms with E-state index in [0.29, 0.717) is 15.7 Å². The third-order valence-corrected chi connectivity index (χ3v) is 4.66. The molecule has 0 aliphatic rings. The van der Waals surface area contributed by atoms with Crippen molar-refractivity contribution in [2.24, 2.45) is 0 Å². The maximum atomic E-state index is 11.8. The minimum atomic E-state index is -0.522. The van der Waals surface area contributed by atoms with E-state index in [0.717, 1.165) is 10.7 Å². The Balaban J connectivity index is 1.89. The van der Waals surface area contributed by atoms with Gasteiger partial charge in [0.25, 0.3) is 5.69 Å². The van der Waals surface area contributed by atoms with E-state index in [-0.39, 0.29) is 17.3 Å². The molecule has 1 heterocycles. The van der Waals surface area contributed by atoms with Crippen LogP contribution >= 0.6 is 39.3 Å². The molecule has 114 valence electrons. The van der Waals surface area contributed by atoms with Gasteiger partial charge in [-0.2, -0.15) is 0 Å². The van der Waals surface area contributed by atoms with Crippen LogP contribution < -0.4 is 5.32 Å². The Morgan fingerprint density at radius 3 is 2.77 bits per heavy atom. The number of carbonyl (C=O) groups excluding carboxylic acids is 1. The van der Waals surface area contributed by atoms with Gasteiger partial charge in [-0.1, -0.05) is 23.4 Å². The molecule has 0 spiro atoms. The van der Waals surface area contributed by atoms with Crippen LogP contribution in [0.3, 0.4) is 0 Å². The van der Waals surface area contributed by atoms with E-state index >= 15 is 0 Å². The molecule has 1 amide bonds. The first-order chi connectivity index (χ1) is 10.5. The zero-order valence-corrected chi connectivity index (χ0v) is 14.1. The summed E-state index contributed by atoms with van der Waals surface area (Å²) in [6, 6.07) is 7.96. The lowest BCUT2D eigenvalue weighted by molar-refractivity contribution is -0.385. The van der Waals surface area contributed by atoms with Crippen molar-refractivity contribution in [2.45, 2.75) is 5.03 Å². The third-order valence-electron chi connectivity index (χ3n) is 2.49. The first kappa shape index (κ1) is 16.7. The highest BCUT2D eigenvalue weighted by Gasteiger charge is 2.08. The molecule has 1 aromatic heterocycles. The standard InChI is InChI=1S/C13H9BrClN3O3S/c14-10-3-1-8(5-11(10)15)17-12(19)7-22-13-4-2-9(6-16-13)18(20)21/h1-6H,7H2,(H,17,19). The molecule has 0 unspecified atom stereocenters. The Hall–Kier alpha value is -1.64. The molecule has 0 aliphatic heterocycles. The molecule has 0 fully saturated rings. The Labute approximate surface area is 143 Å². The number of amides is 1. The fraction of sp³-hybridized carbons (Fsp3) is 0.0769. The van der Waals surface area contributed by atoms with Crippen molar-refractivity contribution < 1.29 is 9.72 Å². The molecule has 0 atom stereocenters. The van der Waals surface area contributed by atoms with Crippen molar-refractivity contribution in [1.82, 2.24) is 4.98 Å². The predicted molar refractivity (Wildman–Crippen MR) is 89.4 cm³/mol. The topological polar surface area (TPSA) is 85.1 Å². The number of thioether (sulfide) groups is 1. The molecular formula is C13H9BrClN3O3S. The summed E-state index contributed by atoms with van der Waals surface area (Å²) in [5, 5.41) is 14.3. The number of nitrogens with one attached hydrogen (secondary N) is 1. The Morgan fingerprint density at radius 2 is 2.18 bits per heavy atom. The number of hydrogen-bond acceptors (Lipinski definition) is 5. The van der Waals surface area contributed by atoms with E-state index in [2.05, 4.69) is 26.2 Å². The number of hydrogen-bond donors (Lipinski definition) is 1. The monoisotopic (exact) mass is 401 g/mol. The zero-order valence-electron chi connectivity index (χ0n) is 11.0. The molecule has 6 nitrogen and oxygen atoms in total. The molecule has 2 aromatic rings. The molecule has 0 aliphatic carbocycles. The van der Waals surface area contributed by atoms with Gasteiger partial charge in [-0.15, -0.1) is 0 Å². The van der Waals surface area contributed by atoms with Crippen LogP contribution in [0.5, 0.6) is 0 Å². The van der Waals surface area contributed by atoms with Gasteiger partial charge in [0.05, 0.1) is 20.7 Å². The van der Waals surface area contributed by atoms with Crippen molar-refractivity contribution >= 4 is 56.6 Å². The van der Waals surface area contributed by atoms with Crippen LogP contribution in [0.2, 0.25) is 5.02 Å². The Morgan fingerprint density at radius 1 is 1.41 bits per heavy atom. The zero-order chi connectivity index (χ0) is 16.1. The van der Waals surface area contributed by atoms with Gasteiger partial charge in [-0.25, -0.2) is 4.98 Å². The average Bonchev–Trinajstić information content (AvgIpc) is 2.49. The van der Waals surface area contributed by atoms with Crippen LogP contribution in [-0.2, 0) is 4.79 Å². The quantitative estimate of drug-likeness (QED) is 0.461. The first-order valence-electron chi connectivity index (χ1n) is 5.94. The number of benzene rings is 1. The summed E-state index contributed by atoms with van der Waals surface area (Å²) < 4.78 is 0.747. The number of halogens is 2. The van der Waals surface area contributed by atoms with Crippen LogP contribution in [0.1, 0.15) is 0 Å². The highest BCUT2D eigenvalue weighted by Crippen LogP contribution is 2.26. The number of nitro groups is 1. The summed E-state index contributed by atoms with van der Waals surface area (Å²) in [4.78, 5) is 25.7. The highest BCUT2D eigenvalue weighted by molar-refractivity contribution is 9.10. The summed E-state index contributed by atoms with van der Waals surface area (Å²) in [5.74, 6) is -0.0815. The lowest BCUT2D eigenvalue weighted by Crippen LogP contribution is -2.14. The van der Waals surface area contributed by atoms with E-state index in [1.807, 2.05) is 0 Å². The minimum Gasteiger partial charge on any atom is -0.325 e. The van der Waals surface area contributed by atoms with Crippen molar-refractivity contribution in [3.8, 4) is 0 Å². The summed E-state index contributed by atoms with van der Waals surface area (Å²) in [6.45, 7) is 0. The van der Waals surface area contributed by atoms with Crippen molar-refractivity contribution in [3.63, 3.8) is 0 Å². The molecule has 0 saturated carbocycles. The number of pyridine rings is 1. The fourth-order valence-corrected chi connectivity index (χ4v) is 2.55. The van der Waals surface area contributed by atoms with E-state index in [1.54, 1.807) is 18.2 Å². The number of nitrogens with zero attached hydrogens (tertiary/aromatic N) is 2. The first-order valence-corrected chi connectivity index (χ1v) is 8.09. The van der Waals surface area contributed by atoms with Gasteiger partial charge in [0.15, 0.2) is 0 Å². The van der Waals surface area contributed by atoms with Gasteiger partial charge in [0.1, 0.15) is 6.20 Å². The fourth-order valence-electron chi connectivity index (χ4n) is 1.48. The van der Waals surface area contributed by atoms with Gasteiger partial charge < -0.3 is 5.32 Å². The minimum absolute atomic E-state index is 0.0849. The summed E-state index contributed by atoms with van der Waals surface area (Å²) in [6.07, 6.45) is 1.16. The van der Waals surface area contributed by atoms with Crippen LogP contribution in [0.25, 0.3) is 0 Å². The third kappa shape index (κ3) is 4.69. The van der Waals surface area contributed by atoms with Crippen molar-refractivity contribution in [3.05, 3.63) is 56.1 Å². The van der Waals surface area contributed by atoms with Gasteiger partial charge in [0.2, 0.25) is 5.91 Å². The molecule has 0 saturated heterocycles. The second-order valence-electron chi connectivity index (χ2n) is 4.08. The van der Waals surface area contributed by atoms with Crippen LogP contribution in [0.4, 0.5) is 11.4 Å². The maximum Gasteiger partial charge on any atom is 0.287 e. The lowest BCUT2D eigenvalue weighted by Gasteiger charge is -2.06. The molecule has 22 heavy (non-hydrogen) atoms. The van der Waals surface area contributed by atoms with Crippen LogP contribution in [0, 0.1) is 10.1 Å². The van der Waals surface area contributed by atoms with E-state index in [9.17, 15) is 14.9 Å². The van der Waals surface area contributed by atoms with Gasteiger partial charge in [-0.3, -0.25) is 14.9 Å². The summed E-state index contributed by atoms with van der Waals surface area (Å²) in [5.41, 5.74) is 0.508. The van der Waals surface area contributed by atoms with Crippen molar-refractivity contribution in [2.75, 3.05) is 11.1 Å². The second-order valence-corrected chi connectivity index (χ2v) is 6.33. The summed E-state index contributed by atoms with van der Waals surface area (Å²) >= 11 is 10.4. The van der Waals surface area contributed by atoms with E-state index < -0.39 is 4.92 Å². The van der Waals surface area contributed by atoms with Crippen LogP contribution in [0.15, 0.2) is 46.0 Å². The normalized spacial score (nSPS) is 10.3. The molecule has 1 aromatic carbocycles. The predicted octanol–water partition coefficient (Wildman–Crippen LogP) is 4.14. The Bertz CT molecular complexity index is 712. The highest BCUT2D eigenvalue weighted by atomic mass is 79.9. The molecule has 0 radical (unpaired) electrons. The van der Waals surface area contributed by atoms with E-state index in [4.69, 9.17) is 11.6 Å². The SMILES string of the molecule is O=C(CSc1ccc([N+](=O)[O-])cn1)Nc1ccc(Br)c(Cl)c1. The maximum absolute atomic E-state index is 11.8. The average molecular weight is 403 g/mol. The molecule has 9 heteroatoms. The van der Waals surface area contributed by atoms with E-state index in [1.165, 1.54) is 23.9 Å². The van der Waals surface area contributed by atoms with Crippen LogP contribution in [-0.4, -0.2) is 21.6 Å². The smallest absolute Gasteiger partial charge is 0.287 e. The molecule has 2 rings (SSSR count). The van der Waals surface area contributed by atoms with Crippen molar-refractivity contribution in [1.29, 1.82) is 0 Å². The molecular weight excluding hydrogens is 394 g/mol. The van der Waals surface area contributed by atoms with Gasteiger partial charge >= 0.3 is 0 Å². The lowest BCUT2D eigenvalue weighted by atomic mass is 10.3.